The van der Waals surface area contributed by atoms with Gasteiger partial charge in [-0.3, -0.25) is 19.2 Å². The van der Waals surface area contributed by atoms with Crippen molar-refractivity contribution in [3.63, 3.8) is 0 Å². The number of amides is 3. The van der Waals surface area contributed by atoms with Gasteiger partial charge in [-0.05, 0) is 44.2 Å². The Labute approximate surface area is 168 Å². The second-order valence-corrected chi connectivity index (χ2v) is 7.07. The number of unbranched alkanes of at least 4 members (excludes halogenated alkanes) is 1. The van der Waals surface area contributed by atoms with E-state index in [-0.39, 0.29) is 6.42 Å². The number of carbonyl (C=O) groups is 4. The molecule has 12 heteroatoms. The van der Waals surface area contributed by atoms with Gasteiger partial charge in [-0.25, -0.2) is 0 Å². The molecule has 0 saturated heterocycles. The maximum atomic E-state index is 12.5. The molecule has 0 aromatic heterocycles. The molecule has 0 aliphatic carbocycles. The molecule has 0 heterocycles. The summed E-state index contributed by atoms with van der Waals surface area (Å²) >= 11 is 1.54. The molecule has 3 amide bonds. The van der Waals surface area contributed by atoms with Gasteiger partial charge in [-0.2, -0.15) is 11.8 Å². The van der Waals surface area contributed by atoms with Gasteiger partial charge in [0.2, 0.25) is 17.7 Å². The number of thioether (sulfide) groups is 1. The molecule has 0 aromatic carbocycles. The van der Waals surface area contributed by atoms with Crippen LogP contribution in [0.3, 0.4) is 0 Å². The van der Waals surface area contributed by atoms with Crippen LogP contribution in [-0.2, 0) is 19.2 Å². The Kier molecular flexibility index (Phi) is 14.1. The topological polar surface area (TPSA) is 197 Å². The summed E-state index contributed by atoms with van der Waals surface area (Å²) in [4.78, 5) is 47.1. The molecule has 0 spiro atoms. The Bertz CT molecular complexity index is 522. The summed E-state index contributed by atoms with van der Waals surface area (Å²) < 4.78 is 0. The van der Waals surface area contributed by atoms with Gasteiger partial charge in [0.25, 0.3) is 0 Å². The molecule has 9 N–H and O–H groups in total. The lowest BCUT2D eigenvalue weighted by Gasteiger charge is -2.23. The zero-order chi connectivity index (χ0) is 21.5. The summed E-state index contributed by atoms with van der Waals surface area (Å²) in [6, 6.07) is -3.07. The van der Waals surface area contributed by atoms with E-state index in [1.165, 1.54) is 0 Å². The zero-order valence-electron chi connectivity index (χ0n) is 16.0. The molecule has 0 fully saturated rings. The number of rotatable bonds is 15. The average Bonchev–Trinajstić information content (AvgIpc) is 2.67. The van der Waals surface area contributed by atoms with Crippen molar-refractivity contribution in [1.29, 1.82) is 0 Å². The van der Waals surface area contributed by atoms with Gasteiger partial charge in [0.05, 0.1) is 12.6 Å². The van der Waals surface area contributed by atoms with Crippen LogP contribution in [0, 0.1) is 0 Å². The fourth-order valence-corrected chi connectivity index (χ4v) is 2.66. The van der Waals surface area contributed by atoms with Crippen LogP contribution in [0.5, 0.6) is 0 Å². The quantitative estimate of drug-likeness (QED) is 0.138. The predicted molar refractivity (Wildman–Crippen MR) is 105 cm³/mol. The van der Waals surface area contributed by atoms with Crippen LogP contribution in [0.15, 0.2) is 0 Å². The third-order valence-electron chi connectivity index (χ3n) is 3.78. The smallest absolute Gasteiger partial charge is 0.322 e. The van der Waals surface area contributed by atoms with E-state index < -0.39 is 55.0 Å². The molecule has 28 heavy (non-hydrogen) atoms. The van der Waals surface area contributed by atoms with E-state index in [4.69, 9.17) is 16.6 Å². The van der Waals surface area contributed by atoms with E-state index in [1.807, 2.05) is 6.26 Å². The number of nitrogens with one attached hydrogen (secondary N) is 3. The summed E-state index contributed by atoms with van der Waals surface area (Å²) in [5.74, 6) is -2.58. The van der Waals surface area contributed by atoms with Crippen LogP contribution >= 0.6 is 11.8 Å². The Morgan fingerprint density at radius 2 is 1.64 bits per heavy atom. The molecule has 0 aliphatic rings. The molecule has 3 atom stereocenters. The van der Waals surface area contributed by atoms with E-state index >= 15 is 0 Å². The second-order valence-electron chi connectivity index (χ2n) is 6.09. The van der Waals surface area contributed by atoms with Gasteiger partial charge in [0.15, 0.2) is 0 Å². The number of aliphatic hydroxyl groups is 1. The summed E-state index contributed by atoms with van der Waals surface area (Å²) in [6.45, 7) is -0.952. The lowest BCUT2D eigenvalue weighted by Crippen LogP contribution is -2.57. The van der Waals surface area contributed by atoms with Crippen LogP contribution in [-0.4, -0.2) is 83.7 Å². The van der Waals surface area contributed by atoms with Crippen molar-refractivity contribution in [3.05, 3.63) is 0 Å². The normalized spacial score (nSPS) is 13.9. The van der Waals surface area contributed by atoms with Crippen LogP contribution in [0.25, 0.3) is 0 Å². The highest BCUT2D eigenvalue weighted by molar-refractivity contribution is 7.98. The minimum Gasteiger partial charge on any atom is -0.480 e. The number of carboxylic acids is 1. The molecule has 3 unspecified atom stereocenters. The monoisotopic (exact) mass is 421 g/mol. The van der Waals surface area contributed by atoms with E-state index in [2.05, 4.69) is 16.0 Å². The molecule has 0 saturated carbocycles. The van der Waals surface area contributed by atoms with Gasteiger partial charge < -0.3 is 37.6 Å². The summed E-state index contributed by atoms with van der Waals surface area (Å²) in [5, 5.41) is 24.9. The minimum absolute atomic E-state index is 0.277. The number of hydrogen-bond acceptors (Lipinski definition) is 8. The van der Waals surface area contributed by atoms with Crippen molar-refractivity contribution in [2.75, 3.05) is 31.7 Å². The number of hydrogen-bond donors (Lipinski definition) is 7. The Hall–Kier alpha value is -1.89. The van der Waals surface area contributed by atoms with E-state index in [1.54, 1.807) is 11.8 Å². The maximum absolute atomic E-state index is 12.5. The third kappa shape index (κ3) is 11.1. The average molecular weight is 422 g/mol. The first-order valence-corrected chi connectivity index (χ1v) is 10.3. The second kappa shape index (κ2) is 15.1. The first-order chi connectivity index (χ1) is 13.3. The van der Waals surface area contributed by atoms with Gasteiger partial charge in [0.1, 0.15) is 18.6 Å². The van der Waals surface area contributed by atoms with Crippen molar-refractivity contribution in [2.24, 2.45) is 11.5 Å². The minimum atomic E-state index is -1.34. The SMILES string of the molecule is CSCCC(N)C(=O)NC(CCCCN)C(=O)NC(CO)C(=O)NCC(=O)O. The molecule has 162 valence electrons. The fourth-order valence-electron chi connectivity index (χ4n) is 2.17. The molecular weight excluding hydrogens is 390 g/mol. The predicted octanol–water partition coefficient (Wildman–Crippen LogP) is -2.64. The van der Waals surface area contributed by atoms with Crippen LogP contribution in [0.4, 0.5) is 0 Å². The summed E-state index contributed by atoms with van der Waals surface area (Å²) in [5.41, 5.74) is 11.3. The van der Waals surface area contributed by atoms with Crippen LogP contribution in [0.1, 0.15) is 25.7 Å². The first-order valence-electron chi connectivity index (χ1n) is 8.92. The molecule has 0 aromatic rings. The van der Waals surface area contributed by atoms with Gasteiger partial charge in [-0.1, -0.05) is 0 Å². The molecule has 0 radical (unpaired) electrons. The Balaban J connectivity index is 4.95. The highest BCUT2D eigenvalue weighted by Crippen LogP contribution is 2.04. The van der Waals surface area contributed by atoms with Crippen molar-refractivity contribution in [2.45, 2.75) is 43.8 Å². The molecule has 11 nitrogen and oxygen atoms in total. The largest absolute Gasteiger partial charge is 0.480 e. The van der Waals surface area contributed by atoms with Gasteiger partial charge in [0, 0.05) is 0 Å². The zero-order valence-corrected chi connectivity index (χ0v) is 16.8. The molecule has 0 rings (SSSR count). The van der Waals surface area contributed by atoms with E-state index in [0.717, 1.165) is 0 Å². The molecule has 0 bridgehead atoms. The molecular formula is C16H31N5O6S. The standard InChI is InChI=1S/C16H31N5O6S/c1-28-7-5-10(18)14(25)20-11(4-2-3-6-17)16(27)21-12(9-22)15(26)19-8-13(23)24/h10-12,22H,2-9,17-18H2,1H3,(H,19,26)(H,20,25)(H,21,27)(H,23,24). The number of aliphatic carboxylic acids is 1. The summed E-state index contributed by atoms with van der Waals surface area (Å²) in [7, 11) is 0. The van der Waals surface area contributed by atoms with Crippen molar-refractivity contribution in [3.8, 4) is 0 Å². The highest BCUT2D eigenvalue weighted by atomic mass is 32.2. The van der Waals surface area contributed by atoms with E-state index in [0.29, 0.717) is 31.6 Å². The van der Waals surface area contributed by atoms with Crippen molar-refractivity contribution >= 4 is 35.5 Å². The number of nitrogens with two attached hydrogens (primary N) is 2. The third-order valence-corrected chi connectivity index (χ3v) is 4.42. The fraction of sp³-hybridized carbons (Fsp3) is 0.750. The van der Waals surface area contributed by atoms with Gasteiger partial charge in [-0.15, -0.1) is 0 Å². The Morgan fingerprint density at radius 1 is 1.00 bits per heavy atom. The molecule has 0 aliphatic heterocycles. The highest BCUT2D eigenvalue weighted by Gasteiger charge is 2.27. The maximum Gasteiger partial charge on any atom is 0.322 e. The van der Waals surface area contributed by atoms with Crippen LogP contribution < -0.4 is 27.4 Å². The van der Waals surface area contributed by atoms with Gasteiger partial charge >= 0.3 is 5.97 Å². The van der Waals surface area contributed by atoms with Crippen molar-refractivity contribution < 1.29 is 29.4 Å². The number of carbonyl (C=O) groups excluding carboxylic acids is 3. The van der Waals surface area contributed by atoms with Crippen LogP contribution in [0.2, 0.25) is 0 Å². The number of carboxylic acid groups (broad SMARTS) is 1. The lowest BCUT2D eigenvalue weighted by molar-refractivity contribution is -0.139. The lowest BCUT2D eigenvalue weighted by atomic mass is 10.1. The Morgan fingerprint density at radius 3 is 2.18 bits per heavy atom. The van der Waals surface area contributed by atoms with Crippen molar-refractivity contribution in [1.82, 2.24) is 16.0 Å². The number of aliphatic hydroxyl groups excluding tert-OH is 1. The van der Waals surface area contributed by atoms with E-state index in [9.17, 15) is 24.3 Å². The first kappa shape index (κ1) is 26.1. The summed E-state index contributed by atoms with van der Waals surface area (Å²) in [6.07, 6.45) is 3.81.